The van der Waals surface area contributed by atoms with Gasteiger partial charge in [-0.2, -0.15) is 0 Å². The Morgan fingerprint density at radius 1 is 1.67 bits per heavy atom. The average molecular weight is 129 g/mol. The van der Waals surface area contributed by atoms with Crippen molar-refractivity contribution in [3.63, 3.8) is 0 Å². The van der Waals surface area contributed by atoms with E-state index < -0.39 is 0 Å². The van der Waals surface area contributed by atoms with Gasteiger partial charge in [-0.05, 0) is 12.8 Å². The van der Waals surface area contributed by atoms with Crippen molar-refractivity contribution in [1.82, 2.24) is 5.32 Å². The summed E-state index contributed by atoms with van der Waals surface area (Å²) in [6.45, 7) is 0. The van der Waals surface area contributed by atoms with E-state index in [-0.39, 0.29) is 17.9 Å². The summed E-state index contributed by atoms with van der Waals surface area (Å²) in [6.07, 6.45) is 1.05. The standard InChI is InChI=1S/C6H11NO2/c1-7-6(9)4-2-5(8)3-4/h4-5,8H,2-3H2,1H3,(H,7,9)/t4-,5+. The third-order valence-electron chi connectivity index (χ3n) is 1.73. The molecule has 0 radical (unpaired) electrons. The normalized spacial score (nSPS) is 33.1. The minimum atomic E-state index is -0.229. The molecular formula is C6H11NO2. The van der Waals surface area contributed by atoms with Crippen LogP contribution in [0.4, 0.5) is 0 Å². The number of carbonyl (C=O) groups excluding carboxylic acids is 1. The summed E-state index contributed by atoms with van der Waals surface area (Å²) in [5, 5.41) is 11.3. The Morgan fingerprint density at radius 2 is 2.22 bits per heavy atom. The Labute approximate surface area is 54.1 Å². The summed E-state index contributed by atoms with van der Waals surface area (Å²) in [5.41, 5.74) is 0. The maximum Gasteiger partial charge on any atom is 0.223 e. The molecule has 52 valence electrons. The molecule has 1 amide bonds. The van der Waals surface area contributed by atoms with Crippen LogP contribution >= 0.6 is 0 Å². The van der Waals surface area contributed by atoms with Gasteiger partial charge in [-0.15, -0.1) is 0 Å². The van der Waals surface area contributed by atoms with E-state index in [9.17, 15) is 4.79 Å². The monoisotopic (exact) mass is 129 g/mol. The number of rotatable bonds is 1. The third kappa shape index (κ3) is 1.21. The minimum Gasteiger partial charge on any atom is -0.393 e. The van der Waals surface area contributed by atoms with Gasteiger partial charge in [0.1, 0.15) is 0 Å². The first kappa shape index (κ1) is 6.55. The van der Waals surface area contributed by atoms with Gasteiger partial charge in [-0.3, -0.25) is 4.79 Å². The topological polar surface area (TPSA) is 49.3 Å². The smallest absolute Gasteiger partial charge is 0.223 e. The molecule has 0 unspecified atom stereocenters. The Bertz CT molecular complexity index is 118. The van der Waals surface area contributed by atoms with Gasteiger partial charge in [-0.25, -0.2) is 0 Å². The molecule has 0 aromatic rings. The van der Waals surface area contributed by atoms with Gasteiger partial charge >= 0.3 is 0 Å². The van der Waals surface area contributed by atoms with Gasteiger partial charge in [-0.1, -0.05) is 0 Å². The molecule has 0 atom stereocenters. The van der Waals surface area contributed by atoms with E-state index in [1.807, 2.05) is 0 Å². The molecule has 0 heterocycles. The molecular weight excluding hydrogens is 118 g/mol. The number of aliphatic hydroxyl groups excluding tert-OH is 1. The number of aliphatic hydroxyl groups is 1. The molecule has 0 saturated heterocycles. The summed E-state index contributed by atoms with van der Waals surface area (Å²) in [7, 11) is 1.62. The molecule has 1 saturated carbocycles. The highest BCUT2D eigenvalue weighted by Gasteiger charge is 2.32. The zero-order valence-corrected chi connectivity index (χ0v) is 5.42. The first-order valence-corrected chi connectivity index (χ1v) is 3.13. The van der Waals surface area contributed by atoms with Crippen molar-refractivity contribution < 1.29 is 9.90 Å². The number of nitrogens with one attached hydrogen (secondary N) is 1. The van der Waals surface area contributed by atoms with Crippen LogP contribution in [0.2, 0.25) is 0 Å². The molecule has 9 heavy (non-hydrogen) atoms. The summed E-state index contributed by atoms with van der Waals surface area (Å²) >= 11 is 0. The number of hydrogen-bond acceptors (Lipinski definition) is 2. The zero-order chi connectivity index (χ0) is 6.85. The second-order valence-electron chi connectivity index (χ2n) is 2.44. The van der Waals surface area contributed by atoms with Crippen molar-refractivity contribution in [2.45, 2.75) is 18.9 Å². The van der Waals surface area contributed by atoms with Gasteiger partial charge in [0.15, 0.2) is 0 Å². The van der Waals surface area contributed by atoms with Crippen LogP contribution in [0, 0.1) is 5.92 Å². The van der Waals surface area contributed by atoms with Crippen LogP contribution in [0.15, 0.2) is 0 Å². The van der Waals surface area contributed by atoms with E-state index in [4.69, 9.17) is 5.11 Å². The van der Waals surface area contributed by atoms with Crippen LogP contribution in [-0.4, -0.2) is 24.2 Å². The van der Waals surface area contributed by atoms with E-state index in [0.29, 0.717) is 12.8 Å². The lowest BCUT2D eigenvalue weighted by atomic mass is 9.82. The van der Waals surface area contributed by atoms with Crippen molar-refractivity contribution in [2.24, 2.45) is 5.92 Å². The van der Waals surface area contributed by atoms with Crippen molar-refractivity contribution >= 4 is 5.91 Å². The molecule has 0 aliphatic heterocycles. The lowest BCUT2D eigenvalue weighted by molar-refractivity contribution is -0.130. The van der Waals surface area contributed by atoms with E-state index in [0.717, 1.165) is 0 Å². The maximum atomic E-state index is 10.7. The fourth-order valence-electron chi connectivity index (χ4n) is 1.01. The van der Waals surface area contributed by atoms with Crippen LogP contribution < -0.4 is 5.32 Å². The quantitative estimate of drug-likeness (QED) is 0.501. The van der Waals surface area contributed by atoms with E-state index >= 15 is 0 Å². The van der Waals surface area contributed by atoms with E-state index in [1.165, 1.54) is 0 Å². The highest BCUT2D eigenvalue weighted by atomic mass is 16.3. The van der Waals surface area contributed by atoms with Crippen molar-refractivity contribution in [2.75, 3.05) is 7.05 Å². The van der Waals surface area contributed by atoms with Gasteiger partial charge in [0.2, 0.25) is 5.91 Å². The molecule has 1 rings (SSSR count). The third-order valence-corrected chi connectivity index (χ3v) is 1.73. The first-order chi connectivity index (χ1) is 4.24. The molecule has 0 spiro atoms. The van der Waals surface area contributed by atoms with Crippen LogP contribution in [-0.2, 0) is 4.79 Å². The van der Waals surface area contributed by atoms with Crippen LogP contribution in [0.5, 0.6) is 0 Å². The average Bonchev–Trinajstić information content (AvgIpc) is 1.79. The molecule has 3 heteroatoms. The summed E-state index contributed by atoms with van der Waals surface area (Å²) in [6, 6.07) is 0. The molecule has 3 nitrogen and oxygen atoms in total. The Balaban J connectivity index is 2.23. The predicted octanol–water partition coefficient (Wildman–Crippen LogP) is -0.497. The van der Waals surface area contributed by atoms with Gasteiger partial charge in [0.25, 0.3) is 0 Å². The van der Waals surface area contributed by atoms with Gasteiger partial charge in [0.05, 0.1) is 6.10 Å². The largest absolute Gasteiger partial charge is 0.393 e. The van der Waals surface area contributed by atoms with E-state index in [1.54, 1.807) is 7.05 Å². The molecule has 1 fully saturated rings. The summed E-state index contributed by atoms with van der Waals surface area (Å²) in [5.74, 6) is 0.130. The van der Waals surface area contributed by atoms with Crippen molar-refractivity contribution in [3.8, 4) is 0 Å². The second-order valence-corrected chi connectivity index (χ2v) is 2.44. The number of amides is 1. The lowest BCUT2D eigenvalue weighted by Gasteiger charge is -2.29. The SMILES string of the molecule is CNC(=O)[C@H]1C[C@@H](O)C1. The first-order valence-electron chi connectivity index (χ1n) is 3.13. The highest BCUT2D eigenvalue weighted by Crippen LogP contribution is 2.26. The molecule has 1 aliphatic carbocycles. The molecule has 2 N–H and O–H groups in total. The highest BCUT2D eigenvalue weighted by molar-refractivity contribution is 5.79. The Morgan fingerprint density at radius 3 is 2.56 bits per heavy atom. The fourth-order valence-corrected chi connectivity index (χ4v) is 1.01. The zero-order valence-electron chi connectivity index (χ0n) is 5.42. The molecule has 0 bridgehead atoms. The molecule has 0 aromatic heterocycles. The van der Waals surface area contributed by atoms with Crippen LogP contribution in [0.1, 0.15) is 12.8 Å². The molecule has 0 aromatic carbocycles. The number of hydrogen-bond donors (Lipinski definition) is 2. The Hall–Kier alpha value is -0.570. The summed E-state index contributed by atoms with van der Waals surface area (Å²) in [4.78, 5) is 10.7. The van der Waals surface area contributed by atoms with Crippen molar-refractivity contribution in [3.05, 3.63) is 0 Å². The van der Waals surface area contributed by atoms with Crippen LogP contribution in [0.25, 0.3) is 0 Å². The minimum absolute atomic E-state index is 0.0558. The second kappa shape index (κ2) is 2.35. The van der Waals surface area contributed by atoms with Gasteiger partial charge < -0.3 is 10.4 Å². The Kier molecular flexibility index (Phi) is 1.71. The van der Waals surface area contributed by atoms with Crippen molar-refractivity contribution in [1.29, 1.82) is 0 Å². The lowest BCUT2D eigenvalue weighted by Crippen LogP contribution is -2.39. The molecule has 1 aliphatic rings. The number of carbonyl (C=O) groups is 1. The summed E-state index contributed by atoms with van der Waals surface area (Å²) < 4.78 is 0. The van der Waals surface area contributed by atoms with Gasteiger partial charge in [0, 0.05) is 13.0 Å². The maximum absolute atomic E-state index is 10.7. The van der Waals surface area contributed by atoms with Crippen LogP contribution in [0.3, 0.4) is 0 Å². The van der Waals surface area contributed by atoms with E-state index in [2.05, 4.69) is 5.32 Å². The fraction of sp³-hybridized carbons (Fsp3) is 0.833. The predicted molar refractivity (Wildman–Crippen MR) is 32.8 cm³/mol.